The molecule has 1 aliphatic carbocycles. The van der Waals surface area contributed by atoms with Crippen LogP contribution >= 0.6 is 0 Å². The average Bonchev–Trinajstić information content (AvgIpc) is 2.55. The van der Waals surface area contributed by atoms with Gasteiger partial charge in [0.1, 0.15) is 11.9 Å². The lowest BCUT2D eigenvalue weighted by molar-refractivity contribution is -0.114. The number of oxime groups is 1. The van der Waals surface area contributed by atoms with Crippen LogP contribution < -0.4 is 5.32 Å². The van der Waals surface area contributed by atoms with Crippen LogP contribution in [0.15, 0.2) is 35.8 Å². The van der Waals surface area contributed by atoms with E-state index >= 15 is 0 Å². The molecule has 1 aromatic carbocycles. The number of hydrogen-bond acceptors (Lipinski definition) is 3. The lowest BCUT2D eigenvalue weighted by Gasteiger charge is -2.26. The number of anilines is 1. The van der Waals surface area contributed by atoms with E-state index in [2.05, 4.69) is 11.7 Å². The largest absolute Gasteiger partial charge is 0.392 e. The minimum absolute atomic E-state index is 0.198. The van der Waals surface area contributed by atoms with E-state index in [0.29, 0.717) is 11.3 Å². The van der Waals surface area contributed by atoms with Crippen molar-refractivity contribution in [3.63, 3.8) is 0 Å². The third kappa shape index (κ3) is 5.30. The second-order valence-electron chi connectivity index (χ2n) is 5.89. The van der Waals surface area contributed by atoms with Gasteiger partial charge < -0.3 is 10.2 Å². The van der Waals surface area contributed by atoms with E-state index in [1.54, 1.807) is 6.92 Å². The van der Waals surface area contributed by atoms with Gasteiger partial charge in [-0.25, -0.2) is 17.6 Å². The van der Waals surface area contributed by atoms with Gasteiger partial charge in [-0.05, 0) is 31.9 Å². The van der Waals surface area contributed by atoms with Crippen LogP contribution in [0, 0.1) is 5.82 Å². The highest BCUT2D eigenvalue weighted by Crippen LogP contribution is 2.34. The number of rotatable bonds is 5. The fourth-order valence-corrected chi connectivity index (χ4v) is 2.36. The predicted molar refractivity (Wildman–Crippen MR) is 85.8 cm³/mol. The van der Waals surface area contributed by atoms with Crippen molar-refractivity contribution >= 4 is 17.3 Å². The van der Waals surface area contributed by atoms with Gasteiger partial charge in [-0.3, -0.25) is 4.79 Å². The Morgan fingerprint density at radius 3 is 2.56 bits per heavy atom. The maximum atomic E-state index is 14.0. The summed E-state index contributed by atoms with van der Waals surface area (Å²) in [4.78, 5) is 16.4. The highest BCUT2D eigenvalue weighted by atomic mass is 19.3. The first-order valence-electron chi connectivity index (χ1n) is 7.72. The standard InChI is InChI=1S/C17H18F4N2O2/c1-10(18)16(24)22-15-4-3-12(9-14(15)19)11(2)23-25-13-5-7-17(20,21)8-6-13/h3-4,9,13H,1,5-8H2,2H3,(H,22,24)/b23-11+. The summed E-state index contributed by atoms with van der Waals surface area (Å²) in [5, 5.41) is 5.91. The molecule has 1 N–H and O–H groups in total. The van der Waals surface area contributed by atoms with Crippen molar-refractivity contribution in [2.24, 2.45) is 5.16 Å². The molecule has 0 saturated heterocycles. The monoisotopic (exact) mass is 358 g/mol. The van der Waals surface area contributed by atoms with Gasteiger partial charge in [-0.2, -0.15) is 0 Å². The Labute approximate surface area is 142 Å². The maximum Gasteiger partial charge on any atom is 0.283 e. The number of alkyl halides is 2. The van der Waals surface area contributed by atoms with Crippen LogP contribution in [0.3, 0.4) is 0 Å². The smallest absolute Gasteiger partial charge is 0.283 e. The van der Waals surface area contributed by atoms with E-state index in [9.17, 15) is 22.4 Å². The van der Waals surface area contributed by atoms with Gasteiger partial charge in [0.2, 0.25) is 5.92 Å². The summed E-state index contributed by atoms with van der Waals surface area (Å²) < 4.78 is 52.7. The van der Waals surface area contributed by atoms with E-state index in [1.807, 2.05) is 5.32 Å². The van der Waals surface area contributed by atoms with Gasteiger partial charge in [-0.15, -0.1) is 0 Å². The first-order chi connectivity index (χ1) is 11.7. The average molecular weight is 358 g/mol. The zero-order valence-electron chi connectivity index (χ0n) is 13.6. The number of nitrogens with zero attached hydrogens (tertiary/aromatic N) is 1. The zero-order chi connectivity index (χ0) is 18.6. The topological polar surface area (TPSA) is 50.7 Å². The van der Waals surface area contributed by atoms with Crippen molar-refractivity contribution in [3.8, 4) is 0 Å². The molecule has 8 heteroatoms. The minimum Gasteiger partial charge on any atom is -0.392 e. The summed E-state index contributed by atoms with van der Waals surface area (Å²) in [5.74, 6) is -5.78. The van der Waals surface area contributed by atoms with Gasteiger partial charge in [0.05, 0.1) is 11.4 Å². The first kappa shape index (κ1) is 19.0. The van der Waals surface area contributed by atoms with Gasteiger partial charge in [-0.1, -0.05) is 17.8 Å². The SMILES string of the molecule is C=C(F)C(=O)Nc1ccc(/C(C)=N/OC2CCC(F)(F)CC2)cc1F. The second-order valence-corrected chi connectivity index (χ2v) is 5.89. The van der Waals surface area contributed by atoms with E-state index in [-0.39, 0.29) is 31.4 Å². The van der Waals surface area contributed by atoms with Crippen LogP contribution in [-0.2, 0) is 9.63 Å². The molecule has 0 aromatic heterocycles. The molecular formula is C17H18F4N2O2. The minimum atomic E-state index is -2.65. The second kappa shape index (κ2) is 7.67. The van der Waals surface area contributed by atoms with E-state index in [0.717, 1.165) is 6.07 Å². The molecule has 2 rings (SSSR count). The lowest BCUT2D eigenvalue weighted by Crippen LogP contribution is -2.28. The molecule has 0 spiro atoms. The molecule has 1 aromatic rings. The number of carbonyl (C=O) groups excluding carboxylic acids is 1. The molecule has 0 bridgehead atoms. The lowest BCUT2D eigenvalue weighted by atomic mass is 9.94. The number of benzene rings is 1. The summed E-state index contributed by atoms with van der Waals surface area (Å²) in [6.45, 7) is 4.40. The van der Waals surface area contributed by atoms with Crippen molar-refractivity contribution in [3.05, 3.63) is 42.0 Å². The molecule has 1 aliphatic rings. The Hall–Kier alpha value is -2.38. The third-order valence-corrected chi connectivity index (χ3v) is 3.88. The number of carbonyl (C=O) groups is 1. The highest BCUT2D eigenvalue weighted by Gasteiger charge is 2.35. The summed E-state index contributed by atoms with van der Waals surface area (Å²) >= 11 is 0. The van der Waals surface area contributed by atoms with Crippen molar-refractivity contribution in [2.75, 3.05) is 5.32 Å². The number of amides is 1. The van der Waals surface area contributed by atoms with Crippen LogP contribution in [0.25, 0.3) is 0 Å². The molecule has 0 unspecified atom stereocenters. The van der Waals surface area contributed by atoms with Gasteiger partial charge in [0.15, 0.2) is 5.83 Å². The Balaban J connectivity index is 1.99. The fraction of sp³-hybridized carbons (Fsp3) is 0.412. The van der Waals surface area contributed by atoms with Crippen molar-refractivity contribution in [1.29, 1.82) is 0 Å². The van der Waals surface area contributed by atoms with E-state index < -0.39 is 29.6 Å². The van der Waals surface area contributed by atoms with Gasteiger partial charge in [0.25, 0.3) is 5.91 Å². The Morgan fingerprint density at radius 2 is 2.00 bits per heavy atom. The third-order valence-electron chi connectivity index (χ3n) is 3.88. The molecule has 0 atom stereocenters. The first-order valence-corrected chi connectivity index (χ1v) is 7.72. The highest BCUT2D eigenvalue weighted by molar-refractivity contribution is 6.02. The normalized spacial score (nSPS) is 17.9. The Bertz CT molecular complexity index is 694. The zero-order valence-corrected chi connectivity index (χ0v) is 13.6. The molecule has 136 valence electrons. The van der Waals surface area contributed by atoms with Crippen LogP contribution in [0.1, 0.15) is 38.2 Å². The van der Waals surface area contributed by atoms with E-state index in [1.165, 1.54) is 12.1 Å². The molecule has 1 amide bonds. The number of nitrogens with one attached hydrogen (secondary N) is 1. The molecular weight excluding hydrogens is 340 g/mol. The molecule has 4 nitrogen and oxygen atoms in total. The molecule has 0 heterocycles. The molecule has 25 heavy (non-hydrogen) atoms. The summed E-state index contributed by atoms with van der Waals surface area (Å²) in [5.41, 5.74) is 0.538. The van der Waals surface area contributed by atoms with Gasteiger partial charge >= 0.3 is 0 Å². The quantitative estimate of drug-likeness (QED) is 0.363. The van der Waals surface area contributed by atoms with Crippen LogP contribution in [-0.4, -0.2) is 23.6 Å². The molecule has 0 radical (unpaired) electrons. The Morgan fingerprint density at radius 1 is 1.36 bits per heavy atom. The van der Waals surface area contributed by atoms with Crippen molar-refractivity contribution < 1.29 is 27.2 Å². The fourth-order valence-electron chi connectivity index (χ4n) is 2.36. The maximum absolute atomic E-state index is 14.0. The summed E-state index contributed by atoms with van der Waals surface area (Å²) in [7, 11) is 0. The van der Waals surface area contributed by atoms with Crippen molar-refractivity contribution in [2.45, 2.75) is 44.6 Å². The van der Waals surface area contributed by atoms with Gasteiger partial charge in [0, 0.05) is 18.4 Å². The van der Waals surface area contributed by atoms with Crippen LogP contribution in [0.5, 0.6) is 0 Å². The van der Waals surface area contributed by atoms with E-state index in [4.69, 9.17) is 4.84 Å². The summed E-state index contributed by atoms with van der Waals surface area (Å²) in [6, 6.07) is 3.83. The molecule has 0 aliphatic heterocycles. The summed E-state index contributed by atoms with van der Waals surface area (Å²) in [6.07, 6.45) is -0.468. The molecule has 1 fully saturated rings. The predicted octanol–water partition coefficient (Wildman–Crippen LogP) is 4.57. The number of hydrogen-bond donors (Lipinski definition) is 1. The Kier molecular flexibility index (Phi) is 5.81. The van der Waals surface area contributed by atoms with Crippen molar-refractivity contribution in [1.82, 2.24) is 0 Å². The van der Waals surface area contributed by atoms with Crippen LogP contribution in [0.4, 0.5) is 23.2 Å². The van der Waals surface area contributed by atoms with Crippen LogP contribution in [0.2, 0.25) is 0 Å². The molecule has 1 saturated carbocycles. The number of halogens is 4.